The molecule has 1 fully saturated rings. The molecule has 1 saturated heterocycles. The lowest BCUT2D eigenvalue weighted by atomic mass is 9.92. The van der Waals surface area contributed by atoms with Crippen molar-refractivity contribution < 1.29 is 9.53 Å². The van der Waals surface area contributed by atoms with Gasteiger partial charge in [-0.05, 0) is 100 Å². The van der Waals surface area contributed by atoms with E-state index in [0.29, 0.717) is 5.92 Å². The smallest absolute Gasteiger partial charge is 0.252 e. The Morgan fingerprint density at radius 1 is 1.12 bits per heavy atom. The molecular weight excluding hydrogens is 410 g/mol. The number of benzene rings is 1. The van der Waals surface area contributed by atoms with Crippen molar-refractivity contribution in [1.29, 1.82) is 0 Å². The molecule has 0 saturated carbocycles. The molecule has 180 valence electrons. The first-order chi connectivity index (χ1) is 15.7. The zero-order valence-corrected chi connectivity index (χ0v) is 21.3. The minimum Gasteiger partial charge on any atom is -0.494 e. The lowest BCUT2D eigenvalue weighted by molar-refractivity contribution is 0.0942. The lowest BCUT2D eigenvalue weighted by Gasteiger charge is -2.33. The van der Waals surface area contributed by atoms with E-state index in [9.17, 15) is 4.79 Å². The molecule has 5 heteroatoms. The number of nitrogens with one attached hydrogen (secondary N) is 1. The van der Waals surface area contributed by atoms with E-state index in [2.05, 4.69) is 41.2 Å². The van der Waals surface area contributed by atoms with Crippen LogP contribution in [0.25, 0.3) is 0 Å². The normalized spacial score (nSPS) is 14.7. The number of hydrogen-bond acceptors (Lipinski definition) is 4. The molecule has 1 aliphatic rings. The highest BCUT2D eigenvalue weighted by Crippen LogP contribution is 2.27. The number of aryl methyl sites for hydroxylation is 2. The van der Waals surface area contributed by atoms with Gasteiger partial charge in [-0.2, -0.15) is 0 Å². The van der Waals surface area contributed by atoms with E-state index in [1.165, 1.54) is 24.8 Å². The molecule has 2 heterocycles. The summed E-state index contributed by atoms with van der Waals surface area (Å²) in [6.45, 7) is 15.2. The van der Waals surface area contributed by atoms with Crippen molar-refractivity contribution in [2.45, 2.75) is 79.2 Å². The average molecular weight is 452 g/mol. The van der Waals surface area contributed by atoms with E-state index in [1.807, 2.05) is 46.0 Å². The zero-order chi connectivity index (χ0) is 24.0. The van der Waals surface area contributed by atoms with E-state index in [4.69, 9.17) is 4.74 Å². The molecule has 0 spiro atoms. The summed E-state index contributed by atoms with van der Waals surface area (Å²) in [5.74, 6) is 3.23. The van der Waals surface area contributed by atoms with E-state index in [1.54, 1.807) is 0 Å². The summed E-state index contributed by atoms with van der Waals surface area (Å²) in [5.41, 5.74) is 3.99. The third-order valence-electron chi connectivity index (χ3n) is 6.55. The van der Waals surface area contributed by atoms with Gasteiger partial charge >= 0.3 is 0 Å². The largest absolute Gasteiger partial charge is 0.494 e. The van der Waals surface area contributed by atoms with E-state index in [0.717, 1.165) is 60.3 Å². The van der Waals surface area contributed by atoms with Gasteiger partial charge in [0.2, 0.25) is 0 Å². The fourth-order valence-electron chi connectivity index (χ4n) is 4.64. The lowest BCUT2D eigenvalue weighted by Crippen LogP contribution is -2.34. The molecule has 0 unspecified atom stereocenters. The summed E-state index contributed by atoms with van der Waals surface area (Å²) in [6, 6.07) is 8.48. The van der Waals surface area contributed by atoms with E-state index in [-0.39, 0.29) is 11.9 Å². The Labute approximate surface area is 199 Å². The molecule has 1 aliphatic heterocycles. The quantitative estimate of drug-likeness (QED) is 0.473. The Bertz CT molecular complexity index is 890. The first-order valence-corrected chi connectivity index (χ1v) is 12.5. The fourth-order valence-corrected chi connectivity index (χ4v) is 4.64. The Morgan fingerprint density at radius 3 is 2.33 bits per heavy atom. The van der Waals surface area contributed by atoms with Crippen molar-refractivity contribution in [2.75, 3.05) is 24.6 Å². The number of ether oxygens (including phenoxy) is 1. The summed E-state index contributed by atoms with van der Waals surface area (Å²) in [4.78, 5) is 19.5. The first-order valence-electron chi connectivity index (χ1n) is 12.5. The van der Waals surface area contributed by atoms with E-state index < -0.39 is 0 Å². The maximum Gasteiger partial charge on any atom is 0.252 e. The van der Waals surface area contributed by atoms with E-state index >= 15 is 0 Å². The maximum atomic E-state index is 12.4. The van der Waals surface area contributed by atoms with Crippen LogP contribution in [-0.2, 0) is 0 Å². The number of hydrogen-bond donors (Lipinski definition) is 1. The summed E-state index contributed by atoms with van der Waals surface area (Å²) in [6.07, 6.45) is 6.70. The van der Waals surface area contributed by atoms with Gasteiger partial charge in [0, 0.05) is 30.9 Å². The molecule has 1 amide bonds. The molecule has 1 aromatic carbocycles. The number of pyridine rings is 1. The van der Waals surface area contributed by atoms with Crippen LogP contribution in [0.4, 0.5) is 5.82 Å². The monoisotopic (exact) mass is 451 g/mol. The zero-order valence-electron chi connectivity index (χ0n) is 21.3. The number of carbonyl (C=O) groups is 1. The van der Waals surface area contributed by atoms with Crippen LogP contribution in [0.15, 0.2) is 30.5 Å². The number of amides is 1. The average Bonchev–Trinajstić information content (AvgIpc) is 2.76. The van der Waals surface area contributed by atoms with Gasteiger partial charge in [-0.3, -0.25) is 4.79 Å². The topological polar surface area (TPSA) is 54.5 Å². The predicted molar refractivity (Wildman–Crippen MR) is 137 cm³/mol. The van der Waals surface area contributed by atoms with Crippen molar-refractivity contribution in [1.82, 2.24) is 10.3 Å². The van der Waals surface area contributed by atoms with Crippen molar-refractivity contribution in [3.8, 4) is 5.75 Å². The first kappa shape index (κ1) is 25.1. The molecule has 5 nitrogen and oxygen atoms in total. The van der Waals surface area contributed by atoms with Gasteiger partial charge in [0.1, 0.15) is 11.6 Å². The standard InChI is InChI=1S/C28H41N3O2/c1-19(2)24-9-10-26(29-18-24)31-13-11-23(12-14-31)8-7-15-33-25-16-21(5)27(22(6)17-25)28(32)30-20(3)4/h9-10,16-20,23H,7-8,11-15H2,1-6H3,(H,30,32). The Balaban J connectivity index is 1.41. The number of rotatable bonds is 9. The maximum absolute atomic E-state index is 12.4. The second kappa shape index (κ2) is 11.5. The number of carbonyl (C=O) groups excluding carboxylic acids is 1. The fraction of sp³-hybridized carbons (Fsp3) is 0.571. The predicted octanol–water partition coefficient (Wildman–Crippen LogP) is 6.04. The number of aromatic nitrogens is 1. The van der Waals surface area contributed by atoms with Crippen molar-refractivity contribution in [2.24, 2.45) is 5.92 Å². The molecule has 0 bridgehead atoms. The molecule has 2 aromatic rings. The Hall–Kier alpha value is -2.56. The highest BCUT2D eigenvalue weighted by Gasteiger charge is 2.20. The molecular formula is C28H41N3O2. The number of nitrogens with zero attached hydrogens (tertiary/aromatic N) is 2. The SMILES string of the molecule is Cc1cc(OCCCC2CCN(c3ccc(C(C)C)cn3)CC2)cc(C)c1C(=O)NC(C)C. The van der Waals surface area contributed by atoms with Crippen molar-refractivity contribution >= 4 is 11.7 Å². The van der Waals surface area contributed by atoms with Gasteiger partial charge in [0.15, 0.2) is 0 Å². The van der Waals surface area contributed by atoms with Crippen LogP contribution in [-0.4, -0.2) is 36.6 Å². The van der Waals surface area contributed by atoms with Crippen LogP contribution in [0.1, 0.15) is 86.3 Å². The molecule has 1 N–H and O–H groups in total. The van der Waals surface area contributed by atoms with Crippen LogP contribution >= 0.6 is 0 Å². The van der Waals surface area contributed by atoms with Gasteiger partial charge in [0.05, 0.1) is 6.61 Å². The van der Waals surface area contributed by atoms with Crippen LogP contribution in [0, 0.1) is 19.8 Å². The highest BCUT2D eigenvalue weighted by molar-refractivity contribution is 5.97. The number of anilines is 1. The second-order valence-corrected chi connectivity index (χ2v) is 10.1. The number of piperidine rings is 1. The summed E-state index contributed by atoms with van der Waals surface area (Å²) in [7, 11) is 0. The van der Waals surface area contributed by atoms with Crippen LogP contribution in [0.3, 0.4) is 0 Å². The Morgan fingerprint density at radius 2 is 1.79 bits per heavy atom. The van der Waals surface area contributed by atoms with Gasteiger partial charge in [0.25, 0.3) is 5.91 Å². The van der Waals surface area contributed by atoms with Gasteiger partial charge in [-0.1, -0.05) is 19.9 Å². The molecule has 3 rings (SSSR count). The summed E-state index contributed by atoms with van der Waals surface area (Å²) in [5, 5.41) is 2.98. The molecule has 0 radical (unpaired) electrons. The molecule has 0 aliphatic carbocycles. The van der Waals surface area contributed by atoms with Crippen LogP contribution < -0.4 is 15.0 Å². The van der Waals surface area contributed by atoms with Crippen LogP contribution in [0.2, 0.25) is 0 Å². The third kappa shape index (κ3) is 6.96. The van der Waals surface area contributed by atoms with Gasteiger partial charge in [-0.25, -0.2) is 4.98 Å². The summed E-state index contributed by atoms with van der Waals surface area (Å²) >= 11 is 0. The minimum absolute atomic E-state index is 0.0102. The van der Waals surface area contributed by atoms with Crippen molar-refractivity contribution in [3.63, 3.8) is 0 Å². The molecule has 0 atom stereocenters. The third-order valence-corrected chi connectivity index (χ3v) is 6.55. The van der Waals surface area contributed by atoms with Gasteiger partial charge in [-0.15, -0.1) is 0 Å². The molecule has 33 heavy (non-hydrogen) atoms. The van der Waals surface area contributed by atoms with Crippen LogP contribution in [0.5, 0.6) is 5.75 Å². The minimum atomic E-state index is -0.0102. The van der Waals surface area contributed by atoms with Crippen molar-refractivity contribution in [3.05, 3.63) is 52.7 Å². The highest BCUT2D eigenvalue weighted by atomic mass is 16.5. The Kier molecular flexibility index (Phi) is 8.76. The molecule has 1 aromatic heterocycles. The van der Waals surface area contributed by atoms with Gasteiger partial charge < -0.3 is 15.0 Å². The second-order valence-electron chi connectivity index (χ2n) is 10.1. The summed E-state index contributed by atoms with van der Waals surface area (Å²) < 4.78 is 6.04.